The first-order chi connectivity index (χ1) is 9.66. The molecule has 102 valence electrons. The molecule has 0 heterocycles. The summed E-state index contributed by atoms with van der Waals surface area (Å²) < 4.78 is 0. The fourth-order valence-corrected chi connectivity index (χ4v) is 2.96. The SMILES string of the molecule is CC1(O)/C(=C/C2=CC=C[CH]2)CCC/C1=C\C1=CC=C[CH]1. The molecule has 3 rings (SSSR count). The fourth-order valence-electron chi connectivity index (χ4n) is 2.96. The maximum Gasteiger partial charge on any atom is 0.104 e. The van der Waals surface area contributed by atoms with E-state index in [1.54, 1.807) is 0 Å². The lowest BCUT2D eigenvalue weighted by Crippen LogP contribution is -2.33. The second-order valence-corrected chi connectivity index (χ2v) is 5.70. The molecule has 1 N–H and O–H groups in total. The molecular formula is C19H20O. The summed E-state index contributed by atoms with van der Waals surface area (Å²) in [5, 5.41) is 11.0. The van der Waals surface area contributed by atoms with Crippen molar-refractivity contribution in [2.24, 2.45) is 0 Å². The van der Waals surface area contributed by atoms with Crippen LogP contribution in [-0.4, -0.2) is 10.7 Å². The van der Waals surface area contributed by atoms with Crippen molar-refractivity contribution in [3.05, 3.63) is 83.7 Å². The van der Waals surface area contributed by atoms with Gasteiger partial charge in [0.25, 0.3) is 0 Å². The number of aliphatic hydroxyl groups is 1. The lowest BCUT2D eigenvalue weighted by Gasteiger charge is -2.35. The van der Waals surface area contributed by atoms with E-state index in [4.69, 9.17) is 0 Å². The number of hydrogen-bond acceptors (Lipinski definition) is 1. The van der Waals surface area contributed by atoms with Crippen LogP contribution in [0.5, 0.6) is 0 Å². The number of rotatable bonds is 2. The van der Waals surface area contributed by atoms with Crippen LogP contribution in [0.25, 0.3) is 0 Å². The van der Waals surface area contributed by atoms with E-state index in [2.05, 4.69) is 37.1 Å². The molecule has 0 amide bonds. The molecule has 0 aromatic heterocycles. The molecular weight excluding hydrogens is 244 g/mol. The molecule has 0 atom stereocenters. The second kappa shape index (κ2) is 5.41. The topological polar surface area (TPSA) is 20.2 Å². The molecule has 0 aromatic rings. The van der Waals surface area contributed by atoms with Crippen LogP contribution in [0.2, 0.25) is 0 Å². The smallest absolute Gasteiger partial charge is 0.104 e. The van der Waals surface area contributed by atoms with Gasteiger partial charge >= 0.3 is 0 Å². The van der Waals surface area contributed by atoms with E-state index in [9.17, 15) is 5.11 Å². The minimum absolute atomic E-state index is 0.827. The van der Waals surface area contributed by atoms with E-state index < -0.39 is 5.60 Å². The monoisotopic (exact) mass is 264 g/mol. The standard InChI is InChI=1S/C19H20O/c1-19(20)17(13-15-7-2-3-8-15)11-6-12-18(19)14-16-9-4-5-10-16/h2-5,7-10,13-14,20H,6,11-12H2,1H3/b17-13+,18-14+. The van der Waals surface area contributed by atoms with Gasteiger partial charge in [0.15, 0.2) is 0 Å². The summed E-state index contributed by atoms with van der Waals surface area (Å²) in [6.07, 6.45) is 23.8. The molecule has 0 unspecified atom stereocenters. The largest absolute Gasteiger partial charge is 0.381 e. The maximum absolute atomic E-state index is 11.0. The Morgan fingerprint density at radius 2 is 1.40 bits per heavy atom. The van der Waals surface area contributed by atoms with Gasteiger partial charge in [-0.3, -0.25) is 0 Å². The van der Waals surface area contributed by atoms with Crippen LogP contribution >= 0.6 is 0 Å². The van der Waals surface area contributed by atoms with Gasteiger partial charge in [-0.2, -0.15) is 0 Å². The lowest BCUT2D eigenvalue weighted by molar-refractivity contribution is 0.120. The number of allylic oxidation sites excluding steroid dienone is 10. The summed E-state index contributed by atoms with van der Waals surface area (Å²) >= 11 is 0. The van der Waals surface area contributed by atoms with Crippen molar-refractivity contribution in [3.8, 4) is 0 Å². The molecule has 0 aromatic carbocycles. The van der Waals surface area contributed by atoms with Gasteiger partial charge in [0.05, 0.1) is 0 Å². The molecule has 2 radical (unpaired) electrons. The Morgan fingerprint density at radius 1 is 0.900 bits per heavy atom. The van der Waals surface area contributed by atoms with E-state index in [1.807, 2.05) is 31.2 Å². The zero-order valence-corrected chi connectivity index (χ0v) is 11.8. The first-order valence-electron chi connectivity index (χ1n) is 7.24. The van der Waals surface area contributed by atoms with Crippen molar-refractivity contribution in [3.63, 3.8) is 0 Å². The molecule has 1 saturated carbocycles. The molecule has 3 aliphatic rings. The Balaban J connectivity index is 1.86. The lowest BCUT2D eigenvalue weighted by atomic mass is 9.76. The number of hydrogen-bond donors (Lipinski definition) is 1. The van der Waals surface area contributed by atoms with Crippen LogP contribution in [0.3, 0.4) is 0 Å². The normalized spacial score (nSPS) is 33.1. The first kappa shape index (κ1) is 13.4. The average Bonchev–Trinajstić information content (AvgIpc) is 3.07. The van der Waals surface area contributed by atoms with Crippen LogP contribution in [0.1, 0.15) is 26.2 Å². The molecule has 20 heavy (non-hydrogen) atoms. The van der Waals surface area contributed by atoms with Crippen LogP contribution < -0.4 is 0 Å². The van der Waals surface area contributed by atoms with Gasteiger partial charge in [0, 0.05) is 12.8 Å². The van der Waals surface area contributed by atoms with Gasteiger partial charge < -0.3 is 5.11 Å². The maximum atomic E-state index is 11.0. The zero-order chi connectivity index (χ0) is 14.0. The highest BCUT2D eigenvalue weighted by Gasteiger charge is 2.33. The third-order valence-electron chi connectivity index (χ3n) is 4.20. The van der Waals surface area contributed by atoms with Gasteiger partial charge in [-0.25, -0.2) is 0 Å². The van der Waals surface area contributed by atoms with Crippen LogP contribution in [-0.2, 0) is 0 Å². The predicted molar refractivity (Wildman–Crippen MR) is 83.7 cm³/mol. The van der Waals surface area contributed by atoms with Crippen molar-refractivity contribution in [1.82, 2.24) is 0 Å². The molecule has 0 saturated heterocycles. The van der Waals surface area contributed by atoms with Crippen molar-refractivity contribution >= 4 is 0 Å². The highest BCUT2D eigenvalue weighted by molar-refractivity contribution is 5.50. The van der Waals surface area contributed by atoms with Gasteiger partial charge in [0.2, 0.25) is 0 Å². The summed E-state index contributed by atoms with van der Waals surface area (Å²) in [7, 11) is 0. The molecule has 0 aliphatic heterocycles. The Morgan fingerprint density at radius 3 is 1.80 bits per heavy atom. The van der Waals surface area contributed by atoms with Gasteiger partial charge in [-0.05, 0) is 48.5 Å². The van der Waals surface area contributed by atoms with Crippen LogP contribution in [0, 0.1) is 12.8 Å². The van der Waals surface area contributed by atoms with Crippen molar-refractivity contribution in [1.29, 1.82) is 0 Å². The summed E-state index contributed by atoms with van der Waals surface area (Å²) in [5.74, 6) is 0. The average molecular weight is 264 g/mol. The molecule has 0 bridgehead atoms. The molecule has 1 nitrogen and oxygen atoms in total. The molecule has 1 fully saturated rings. The van der Waals surface area contributed by atoms with E-state index in [0.29, 0.717) is 0 Å². The third kappa shape index (κ3) is 2.64. The van der Waals surface area contributed by atoms with Crippen LogP contribution in [0.4, 0.5) is 0 Å². The van der Waals surface area contributed by atoms with Gasteiger partial charge in [-0.15, -0.1) is 0 Å². The summed E-state index contributed by atoms with van der Waals surface area (Å²) in [6, 6.07) is 0. The zero-order valence-electron chi connectivity index (χ0n) is 11.8. The fraction of sp³-hybridized carbons (Fsp3) is 0.263. The summed E-state index contributed by atoms with van der Waals surface area (Å²) in [6.45, 7) is 1.93. The Bertz CT molecular complexity index is 527. The predicted octanol–water partition coefficient (Wildman–Crippen LogP) is 4.18. The van der Waals surface area contributed by atoms with E-state index in [1.165, 1.54) is 11.1 Å². The van der Waals surface area contributed by atoms with E-state index in [0.717, 1.165) is 30.4 Å². The Kier molecular flexibility index (Phi) is 3.62. The minimum atomic E-state index is -0.827. The van der Waals surface area contributed by atoms with Gasteiger partial charge in [0.1, 0.15) is 5.60 Å². The van der Waals surface area contributed by atoms with Crippen molar-refractivity contribution in [2.45, 2.75) is 31.8 Å². The Hall–Kier alpha value is -1.60. The summed E-state index contributed by atoms with van der Waals surface area (Å²) in [4.78, 5) is 0. The van der Waals surface area contributed by atoms with Crippen molar-refractivity contribution in [2.75, 3.05) is 0 Å². The highest BCUT2D eigenvalue weighted by atomic mass is 16.3. The molecule has 3 aliphatic carbocycles. The molecule has 1 heteroatoms. The van der Waals surface area contributed by atoms with Crippen LogP contribution in [0.15, 0.2) is 70.9 Å². The second-order valence-electron chi connectivity index (χ2n) is 5.70. The quantitative estimate of drug-likeness (QED) is 0.793. The summed E-state index contributed by atoms with van der Waals surface area (Å²) in [5.41, 5.74) is 3.76. The van der Waals surface area contributed by atoms with E-state index in [-0.39, 0.29) is 0 Å². The minimum Gasteiger partial charge on any atom is -0.381 e. The Labute approximate surface area is 121 Å². The first-order valence-corrected chi connectivity index (χ1v) is 7.24. The highest BCUT2D eigenvalue weighted by Crippen LogP contribution is 2.39. The third-order valence-corrected chi connectivity index (χ3v) is 4.20. The molecule has 0 spiro atoms. The van der Waals surface area contributed by atoms with Crippen molar-refractivity contribution < 1.29 is 5.11 Å². The van der Waals surface area contributed by atoms with Gasteiger partial charge in [-0.1, -0.05) is 48.6 Å². The van der Waals surface area contributed by atoms with E-state index >= 15 is 0 Å².